The van der Waals surface area contributed by atoms with E-state index in [0.717, 1.165) is 68.2 Å². The first-order chi connectivity index (χ1) is 20.6. The molecule has 0 spiro atoms. The molecule has 0 bridgehead atoms. The van der Waals surface area contributed by atoms with Gasteiger partial charge in [0.25, 0.3) is 0 Å². The molecule has 0 aromatic heterocycles. The second-order valence-electron chi connectivity index (χ2n) is 11.6. The SMILES string of the molecule is C.CCC(O)COc1ccc(C(C)(C)c2ccc(OCC(O)COC(=O)CCCCCCCCCCC(=O)OC)cc2)cc1. The van der Waals surface area contributed by atoms with Gasteiger partial charge in [-0.15, -0.1) is 0 Å². The fourth-order valence-corrected chi connectivity index (χ4v) is 4.62. The molecule has 0 aliphatic carbocycles. The molecule has 8 heteroatoms. The van der Waals surface area contributed by atoms with Crippen LogP contribution in [0, 0.1) is 0 Å². The maximum absolute atomic E-state index is 12.0. The van der Waals surface area contributed by atoms with Crippen molar-refractivity contribution in [2.24, 2.45) is 0 Å². The van der Waals surface area contributed by atoms with Gasteiger partial charge in [-0.2, -0.15) is 0 Å². The van der Waals surface area contributed by atoms with Crippen LogP contribution in [0.3, 0.4) is 0 Å². The zero-order valence-electron chi connectivity index (χ0n) is 26.5. The number of carbonyl (C=O) groups excluding carboxylic acids is 2. The van der Waals surface area contributed by atoms with E-state index in [-0.39, 0.29) is 44.6 Å². The van der Waals surface area contributed by atoms with Crippen LogP contribution >= 0.6 is 0 Å². The highest BCUT2D eigenvalue weighted by Crippen LogP contribution is 2.33. The first-order valence-electron chi connectivity index (χ1n) is 15.7. The van der Waals surface area contributed by atoms with Gasteiger partial charge in [0.2, 0.25) is 0 Å². The Morgan fingerprint density at radius 1 is 0.659 bits per heavy atom. The van der Waals surface area contributed by atoms with Gasteiger partial charge in [0.15, 0.2) is 0 Å². The number of rotatable bonds is 22. The van der Waals surface area contributed by atoms with E-state index in [1.165, 1.54) is 7.11 Å². The van der Waals surface area contributed by atoms with Crippen molar-refractivity contribution >= 4 is 11.9 Å². The Balaban J connectivity index is 0.00000968. The van der Waals surface area contributed by atoms with Gasteiger partial charge in [-0.3, -0.25) is 9.59 Å². The van der Waals surface area contributed by atoms with Gasteiger partial charge in [0, 0.05) is 18.3 Å². The highest BCUT2D eigenvalue weighted by atomic mass is 16.5. The summed E-state index contributed by atoms with van der Waals surface area (Å²) in [6.07, 6.45) is 8.22. The van der Waals surface area contributed by atoms with Crippen LogP contribution in [0.15, 0.2) is 48.5 Å². The summed E-state index contributed by atoms with van der Waals surface area (Å²) in [7, 11) is 1.42. The normalized spacial score (nSPS) is 12.5. The summed E-state index contributed by atoms with van der Waals surface area (Å²) >= 11 is 0. The number of hydrogen-bond donors (Lipinski definition) is 2. The number of ether oxygens (including phenoxy) is 4. The molecule has 2 unspecified atom stereocenters. The Hall–Kier alpha value is -3.10. The molecule has 8 nitrogen and oxygen atoms in total. The molecule has 0 radical (unpaired) electrons. The molecule has 0 saturated carbocycles. The molecule has 44 heavy (non-hydrogen) atoms. The third kappa shape index (κ3) is 15.1. The summed E-state index contributed by atoms with van der Waals surface area (Å²) in [5.41, 5.74) is 1.99. The van der Waals surface area contributed by atoms with E-state index < -0.39 is 12.2 Å². The van der Waals surface area contributed by atoms with Crippen LogP contribution in [-0.4, -0.2) is 61.3 Å². The van der Waals surface area contributed by atoms with E-state index in [0.29, 0.717) is 25.0 Å². The third-order valence-corrected chi connectivity index (χ3v) is 7.68. The molecule has 0 heterocycles. The average molecular weight is 617 g/mol. The van der Waals surface area contributed by atoms with Gasteiger partial charge in [-0.25, -0.2) is 0 Å². The molecule has 0 aliphatic rings. The molecule has 0 aliphatic heterocycles. The number of esters is 2. The highest BCUT2D eigenvalue weighted by molar-refractivity contribution is 5.69. The number of hydrogen-bond acceptors (Lipinski definition) is 8. The van der Waals surface area contributed by atoms with E-state index in [2.05, 4.69) is 18.6 Å². The summed E-state index contributed by atoms with van der Waals surface area (Å²) in [6.45, 7) is 6.44. The topological polar surface area (TPSA) is 112 Å². The molecule has 0 fully saturated rings. The number of benzene rings is 2. The Labute approximate surface area is 265 Å². The number of aliphatic hydroxyl groups excluding tert-OH is 2. The molecule has 2 aromatic rings. The zero-order valence-corrected chi connectivity index (χ0v) is 26.5. The monoisotopic (exact) mass is 616 g/mol. The maximum atomic E-state index is 12.0. The summed E-state index contributed by atoms with van der Waals surface area (Å²) in [4.78, 5) is 23.1. The van der Waals surface area contributed by atoms with Crippen LogP contribution in [0.5, 0.6) is 11.5 Å². The van der Waals surface area contributed by atoms with Gasteiger partial charge in [0.05, 0.1) is 13.2 Å². The van der Waals surface area contributed by atoms with Crippen LogP contribution in [0.25, 0.3) is 0 Å². The molecule has 0 saturated heterocycles. The predicted octanol–water partition coefficient (Wildman–Crippen LogP) is 7.16. The first-order valence-corrected chi connectivity index (χ1v) is 15.7. The molecular weight excluding hydrogens is 560 g/mol. The predicted molar refractivity (Wildman–Crippen MR) is 174 cm³/mol. The van der Waals surface area contributed by atoms with E-state index in [1.807, 2.05) is 55.5 Å². The van der Waals surface area contributed by atoms with Crippen molar-refractivity contribution in [2.45, 2.75) is 116 Å². The second-order valence-corrected chi connectivity index (χ2v) is 11.6. The van der Waals surface area contributed by atoms with Gasteiger partial charge >= 0.3 is 11.9 Å². The molecular formula is C36H56O8. The average Bonchev–Trinajstić information content (AvgIpc) is 3.02. The maximum Gasteiger partial charge on any atom is 0.305 e. The van der Waals surface area contributed by atoms with Gasteiger partial charge < -0.3 is 29.2 Å². The largest absolute Gasteiger partial charge is 0.491 e. The summed E-state index contributed by atoms with van der Waals surface area (Å²) in [5, 5.41) is 19.9. The highest BCUT2D eigenvalue weighted by Gasteiger charge is 2.23. The van der Waals surface area contributed by atoms with Crippen molar-refractivity contribution in [3.05, 3.63) is 59.7 Å². The van der Waals surface area contributed by atoms with Gasteiger partial charge in [-0.05, 0) is 54.7 Å². The Kier molecular flexibility index (Phi) is 19.1. The van der Waals surface area contributed by atoms with Crippen LogP contribution in [-0.2, 0) is 24.5 Å². The number of carbonyl (C=O) groups is 2. The Morgan fingerprint density at radius 2 is 1.07 bits per heavy atom. The quantitative estimate of drug-likeness (QED) is 0.106. The van der Waals surface area contributed by atoms with Crippen LogP contribution < -0.4 is 9.47 Å². The number of aliphatic hydroxyl groups is 2. The molecule has 2 atom stereocenters. The number of methoxy groups -OCH3 is 1. The van der Waals surface area contributed by atoms with E-state index >= 15 is 0 Å². The van der Waals surface area contributed by atoms with Crippen molar-refractivity contribution < 1.29 is 38.7 Å². The van der Waals surface area contributed by atoms with Crippen molar-refractivity contribution in [1.82, 2.24) is 0 Å². The van der Waals surface area contributed by atoms with E-state index in [1.54, 1.807) is 0 Å². The summed E-state index contributed by atoms with van der Waals surface area (Å²) in [6, 6.07) is 15.7. The lowest BCUT2D eigenvalue weighted by Crippen LogP contribution is -2.25. The molecule has 2 aromatic carbocycles. The third-order valence-electron chi connectivity index (χ3n) is 7.68. The lowest BCUT2D eigenvalue weighted by Gasteiger charge is -2.26. The van der Waals surface area contributed by atoms with Crippen molar-refractivity contribution in [2.75, 3.05) is 26.9 Å². The van der Waals surface area contributed by atoms with E-state index in [9.17, 15) is 19.8 Å². The lowest BCUT2D eigenvalue weighted by molar-refractivity contribution is -0.147. The number of unbranched alkanes of at least 4 members (excludes halogenated alkanes) is 7. The minimum Gasteiger partial charge on any atom is -0.491 e. The minimum absolute atomic E-state index is 0. The Morgan fingerprint density at radius 3 is 1.50 bits per heavy atom. The standard InChI is InChI=1S/C35H52O8.CH4/c1-5-29(36)24-41-31-20-16-27(17-21-31)35(2,3)28-18-22-32(23-19-28)42-25-30(37)26-43-34(39)15-13-11-9-7-6-8-10-12-14-33(38)40-4;/h16-23,29-30,36-37H,5-15,24-26H2,1-4H3;1H4. The zero-order chi connectivity index (χ0) is 31.5. The molecule has 2 N–H and O–H groups in total. The van der Waals surface area contributed by atoms with E-state index in [4.69, 9.17) is 14.2 Å². The molecule has 0 amide bonds. The fraction of sp³-hybridized carbons (Fsp3) is 0.611. The smallest absolute Gasteiger partial charge is 0.305 e. The molecule has 2 rings (SSSR count). The Bertz CT molecular complexity index is 1050. The van der Waals surface area contributed by atoms with Gasteiger partial charge in [-0.1, -0.05) is 91.0 Å². The van der Waals surface area contributed by atoms with Crippen molar-refractivity contribution in [3.63, 3.8) is 0 Å². The fourth-order valence-electron chi connectivity index (χ4n) is 4.62. The molecule has 248 valence electrons. The summed E-state index contributed by atoms with van der Waals surface area (Å²) in [5.74, 6) is 0.917. The van der Waals surface area contributed by atoms with Crippen molar-refractivity contribution in [3.8, 4) is 11.5 Å². The van der Waals surface area contributed by atoms with Crippen LogP contribution in [0.4, 0.5) is 0 Å². The van der Waals surface area contributed by atoms with Gasteiger partial charge in [0.1, 0.15) is 37.4 Å². The van der Waals surface area contributed by atoms with Crippen LogP contribution in [0.2, 0.25) is 0 Å². The van der Waals surface area contributed by atoms with Crippen molar-refractivity contribution in [1.29, 1.82) is 0 Å². The minimum atomic E-state index is -0.904. The van der Waals surface area contributed by atoms with Crippen LogP contribution in [0.1, 0.15) is 110 Å². The second kappa shape index (κ2) is 21.6. The summed E-state index contributed by atoms with van der Waals surface area (Å²) < 4.78 is 21.2. The first kappa shape index (κ1) is 38.9. The lowest BCUT2D eigenvalue weighted by atomic mass is 9.78.